The maximum Gasteiger partial charge on any atom is 0.573 e. The Kier molecular flexibility index (Phi) is 5.64. The Labute approximate surface area is 158 Å². The van der Waals surface area contributed by atoms with E-state index < -0.39 is 28.0 Å². The van der Waals surface area contributed by atoms with Crippen LogP contribution in [0.1, 0.15) is 18.7 Å². The third-order valence-corrected chi connectivity index (χ3v) is 5.34. The van der Waals surface area contributed by atoms with Crippen molar-refractivity contribution in [3.63, 3.8) is 0 Å². The summed E-state index contributed by atoms with van der Waals surface area (Å²) in [5.41, 5.74) is 0.375. The third kappa shape index (κ3) is 5.20. The van der Waals surface area contributed by atoms with Gasteiger partial charge in [0.15, 0.2) is 11.6 Å². The molecule has 3 rings (SSSR count). The number of benzene rings is 1. The van der Waals surface area contributed by atoms with Gasteiger partial charge in [-0.05, 0) is 19.4 Å². The van der Waals surface area contributed by atoms with E-state index in [-0.39, 0.29) is 17.1 Å². The number of fused-ring (bicyclic) bond motifs is 1. The van der Waals surface area contributed by atoms with E-state index >= 15 is 0 Å². The molecule has 1 atom stereocenters. The van der Waals surface area contributed by atoms with Crippen LogP contribution in [0.3, 0.4) is 0 Å². The van der Waals surface area contributed by atoms with Gasteiger partial charge in [0, 0.05) is 30.1 Å². The van der Waals surface area contributed by atoms with Crippen molar-refractivity contribution in [1.82, 2.24) is 19.6 Å². The summed E-state index contributed by atoms with van der Waals surface area (Å²) in [7, 11) is -3.54. The van der Waals surface area contributed by atoms with Gasteiger partial charge in [-0.1, -0.05) is 6.58 Å². The fourth-order valence-corrected chi connectivity index (χ4v) is 3.88. The van der Waals surface area contributed by atoms with E-state index in [2.05, 4.69) is 26.0 Å². The van der Waals surface area contributed by atoms with Gasteiger partial charge in [-0.2, -0.15) is 0 Å². The van der Waals surface area contributed by atoms with Crippen LogP contribution in [0, 0.1) is 5.82 Å². The van der Waals surface area contributed by atoms with E-state index in [1.165, 1.54) is 0 Å². The monoisotopic (exact) mass is 422 g/mol. The van der Waals surface area contributed by atoms with Crippen LogP contribution in [0.2, 0.25) is 0 Å². The number of nitrogens with one attached hydrogen (secondary N) is 2. The van der Waals surface area contributed by atoms with Gasteiger partial charge in [0.2, 0.25) is 10.0 Å². The number of imidazole rings is 1. The van der Waals surface area contributed by atoms with E-state index in [4.69, 9.17) is 0 Å². The van der Waals surface area contributed by atoms with Gasteiger partial charge in [0.1, 0.15) is 5.82 Å². The van der Waals surface area contributed by atoms with Gasteiger partial charge in [-0.3, -0.25) is 4.90 Å². The molecule has 2 N–H and O–H groups in total. The largest absolute Gasteiger partial charge is 0.573 e. The molecule has 12 heteroatoms. The molecular formula is C16H18F4N4O3S. The number of hydrogen-bond acceptors (Lipinski definition) is 5. The first-order chi connectivity index (χ1) is 13.0. The molecule has 1 saturated heterocycles. The van der Waals surface area contributed by atoms with Crippen LogP contribution in [0.25, 0.3) is 11.0 Å². The first-order valence-electron chi connectivity index (χ1n) is 8.35. The maximum absolute atomic E-state index is 13.8. The predicted octanol–water partition coefficient (Wildman–Crippen LogP) is 2.63. The van der Waals surface area contributed by atoms with E-state index in [0.29, 0.717) is 31.9 Å². The Balaban J connectivity index is 1.72. The normalized spacial score (nSPS) is 19.1. The van der Waals surface area contributed by atoms with Crippen LogP contribution < -0.4 is 9.46 Å². The number of alkyl halides is 3. The van der Waals surface area contributed by atoms with Crippen LogP contribution in [-0.4, -0.2) is 48.8 Å². The molecule has 0 amide bonds. The lowest BCUT2D eigenvalue weighted by Crippen LogP contribution is -2.46. The van der Waals surface area contributed by atoms with Crippen molar-refractivity contribution in [3.05, 3.63) is 35.8 Å². The van der Waals surface area contributed by atoms with Crippen molar-refractivity contribution in [2.75, 3.05) is 13.1 Å². The van der Waals surface area contributed by atoms with Gasteiger partial charge in [0.25, 0.3) is 0 Å². The molecule has 1 aliphatic rings. The fraction of sp³-hybridized carbons (Fsp3) is 0.438. The molecule has 7 nitrogen and oxygen atoms in total. The van der Waals surface area contributed by atoms with Crippen molar-refractivity contribution in [1.29, 1.82) is 0 Å². The second-order valence-corrected chi connectivity index (χ2v) is 8.09. The summed E-state index contributed by atoms with van der Waals surface area (Å²) in [6, 6.07) is 1.49. The van der Waals surface area contributed by atoms with Gasteiger partial charge in [-0.15, -0.1) is 13.2 Å². The van der Waals surface area contributed by atoms with Gasteiger partial charge >= 0.3 is 6.36 Å². The van der Waals surface area contributed by atoms with Crippen molar-refractivity contribution >= 4 is 21.1 Å². The first kappa shape index (κ1) is 20.6. The minimum absolute atomic E-state index is 0.136. The van der Waals surface area contributed by atoms with Gasteiger partial charge in [0.05, 0.1) is 17.6 Å². The lowest BCUT2D eigenvalue weighted by molar-refractivity contribution is -0.275. The number of hydrogen-bond donors (Lipinski definition) is 2. The standard InChI is InChI=1S/C16H18F4N4O3S/c1-2-28(25,26)23-10-4-3-5-24(8-10)9-15-21-12-6-11(17)14(7-13(12)22-15)27-16(18,19)20/h2,6-7,10,23H,1,3-5,8-9H2,(H,21,22)/t10-/m1/s1. The minimum Gasteiger partial charge on any atom is -0.403 e. The summed E-state index contributed by atoms with van der Waals surface area (Å²) >= 11 is 0. The molecule has 1 fully saturated rings. The second kappa shape index (κ2) is 7.68. The first-order valence-corrected chi connectivity index (χ1v) is 9.90. The van der Waals surface area contributed by atoms with Crippen molar-refractivity contribution in [3.8, 4) is 5.75 Å². The molecule has 28 heavy (non-hydrogen) atoms. The number of ether oxygens (including phenoxy) is 1. The van der Waals surface area contributed by atoms with Crippen LogP contribution in [0.15, 0.2) is 24.1 Å². The van der Waals surface area contributed by atoms with Gasteiger partial charge < -0.3 is 9.72 Å². The van der Waals surface area contributed by atoms with Crippen LogP contribution >= 0.6 is 0 Å². The Morgan fingerprint density at radius 2 is 2.18 bits per heavy atom. The van der Waals surface area contributed by atoms with E-state index in [9.17, 15) is 26.0 Å². The lowest BCUT2D eigenvalue weighted by atomic mass is 10.1. The smallest absolute Gasteiger partial charge is 0.403 e. The average molecular weight is 422 g/mol. The summed E-state index contributed by atoms with van der Waals surface area (Å²) in [5.74, 6) is -1.68. The topological polar surface area (TPSA) is 87.3 Å². The summed E-state index contributed by atoms with van der Waals surface area (Å²) in [4.78, 5) is 9.00. The molecule has 0 bridgehead atoms. The molecule has 0 saturated carbocycles. The number of aromatic nitrogens is 2. The molecule has 0 unspecified atom stereocenters. The summed E-state index contributed by atoms with van der Waals surface area (Å²) < 4.78 is 80.2. The van der Waals surface area contributed by atoms with Crippen molar-refractivity contribution in [2.24, 2.45) is 0 Å². The van der Waals surface area contributed by atoms with E-state index in [0.717, 1.165) is 24.0 Å². The number of H-pyrrole nitrogens is 1. The highest BCUT2D eigenvalue weighted by Gasteiger charge is 2.32. The number of rotatable bonds is 6. The number of likely N-dealkylation sites (tertiary alicyclic amines) is 1. The number of piperidine rings is 1. The predicted molar refractivity (Wildman–Crippen MR) is 93.3 cm³/mol. The Bertz CT molecular complexity index is 974. The second-order valence-electron chi connectivity index (χ2n) is 6.43. The van der Waals surface area contributed by atoms with E-state index in [1.807, 2.05) is 4.90 Å². The third-order valence-electron chi connectivity index (χ3n) is 4.24. The summed E-state index contributed by atoms with van der Waals surface area (Å²) in [6.45, 7) is 4.68. The minimum atomic E-state index is -5.00. The maximum atomic E-state index is 13.8. The molecule has 1 aliphatic heterocycles. The molecule has 1 aromatic carbocycles. The summed E-state index contributed by atoms with van der Waals surface area (Å²) in [6.07, 6.45) is -3.58. The molecule has 154 valence electrons. The zero-order valence-corrected chi connectivity index (χ0v) is 15.4. The Hall–Kier alpha value is -2.18. The quantitative estimate of drug-likeness (QED) is 0.699. The van der Waals surface area contributed by atoms with Crippen LogP contribution in [-0.2, 0) is 16.6 Å². The zero-order chi connectivity index (χ0) is 20.5. The number of nitrogens with zero attached hydrogens (tertiary/aromatic N) is 2. The number of halogens is 4. The molecule has 1 aromatic heterocycles. The summed E-state index contributed by atoms with van der Waals surface area (Å²) in [5, 5.41) is 0.848. The SMILES string of the molecule is C=CS(=O)(=O)N[C@@H]1CCCN(Cc2nc3cc(OC(F)(F)F)c(F)cc3[nH]2)C1. The number of sulfonamides is 1. The van der Waals surface area contributed by atoms with Crippen LogP contribution in [0.4, 0.5) is 17.6 Å². The lowest BCUT2D eigenvalue weighted by Gasteiger charge is -2.32. The average Bonchev–Trinajstić information content (AvgIpc) is 2.94. The Morgan fingerprint density at radius 1 is 1.43 bits per heavy atom. The fourth-order valence-electron chi connectivity index (χ4n) is 3.13. The van der Waals surface area contributed by atoms with Crippen molar-refractivity contribution < 1.29 is 30.7 Å². The van der Waals surface area contributed by atoms with Crippen LogP contribution in [0.5, 0.6) is 5.75 Å². The molecule has 0 spiro atoms. The molecule has 2 heterocycles. The zero-order valence-electron chi connectivity index (χ0n) is 14.6. The number of aromatic amines is 1. The highest BCUT2D eigenvalue weighted by atomic mass is 32.2. The molecular weight excluding hydrogens is 404 g/mol. The van der Waals surface area contributed by atoms with Crippen molar-refractivity contribution in [2.45, 2.75) is 31.8 Å². The Morgan fingerprint density at radius 3 is 2.86 bits per heavy atom. The molecule has 2 aromatic rings. The molecule has 0 radical (unpaired) electrons. The highest BCUT2D eigenvalue weighted by Crippen LogP contribution is 2.29. The van der Waals surface area contributed by atoms with E-state index in [1.54, 1.807) is 0 Å². The molecule has 0 aliphatic carbocycles. The van der Waals surface area contributed by atoms with Gasteiger partial charge in [-0.25, -0.2) is 22.5 Å². The highest BCUT2D eigenvalue weighted by molar-refractivity contribution is 7.92.